The van der Waals surface area contributed by atoms with Crippen molar-refractivity contribution < 1.29 is 17.5 Å². The maximum absolute atomic E-state index is 9.02. The molecule has 1 aliphatic carbocycles. The molecule has 2 aliphatic rings. The van der Waals surface area contributed by atoms with Crippen LogP contribution in [0.1, 0.15) is 97.3 Å². The molecule has 6 nitrogen and oxygen atoms in total. The van der Waals surface area contributed by atoms with E-state index in [1.807, 2.05) is 53.2 Å². The number of aromatic nitrogens is 5. The number of nitrogens with zero attached hydrogens (tertiary/aromatic N) is 5. The van der Waals surface area contributed by atoms with Crippen molar-refractivity contribution in [2.75, 3.05) is 0 Å². The lowest BCUT2D eigenvalue weighted by molar-refractivity contribution is -0.571. The Labute approximate surface area is 511 Å². The van der Waals surface area contributed by atoms with Gasteiger partial charge in [-0.15, -0.1) is 0 Å². The molecule has 4 aromatic heterocycles. The molecule has 0 N–H and O–H groups in total. The van der Waals surface area contributed by atoms with Crippen LogP contribution in [0.15, 0.2) is 219 Å². The molecule has 6 heteroatoms. The largest absolute Gasteiger partial charge is 0.458 e. The number of hydrogen-bond donors (Lipinski definition) is 0. The van der Waals surface area contributed by atoms with E-state index in [9.17, 15) is 0 Å². The summed E-state index contributed by atoms with van der Waals surface area (Å²) in [6.45, 7) is 10.8. The molecule has 0 saturated carbocycles. The Hall–Kier alpha value is -9.78. The van der Waals surface area contributed by atoms with Crippen LogP contribution in [0.2, 0.25) is 0 Å². The summed E-state index contributed by atoms with van der Waals surface area (Å²) in [4.78, 5) is 4.94. The number of aryl methyl sites for hydroxylation is 2. The molecule has 86 heavy (non-hydrogen) atoms. The van der Waals surface area contributed by atoms with Gasteiger partial charge in [0.05, 0.1) is 50.2 Å². The lowest BCUT2D eigenvalue weighted by Crippen LogP contribution is -2.34. The van der Waals surface area contributed by atoms with Crippen molar-refractivity contribution in [1.82, 2.24) is 18.7 Å². The normalized spacial score (nSPS) is 15.5. The van der Waals surface area contributed by atoms with E-state index in [0.717, 1.165) is 113 Å². The summed E-state index contributed by atoms with van der Waals surface area (Å²) >= 11 is 0. The predicted octanol–water partition coefficient (Wildman–Crippen LogP) is 20.3. The number of hydrogen-bond acceptors (Lipinski definition) is 2. The first kappa shape index (κ1) is 45.6. The van der Waals surface area contributed by atoms with Crippen molar-refractivity contribution >= 4 is 54.6 Å². The van der Waals surface area contributed by atoms with E-state index in [-0.39, 0.29) is 32.9 Å². The number of imidazole rings is 1. The van der Waals surface area contributed by atoms with E-state index < -0.39 is 13.7 Å². The van der Waals surface area contributed by atoms with Crippen LogP contribution in [0, 0.1) is 20.0 Å². The first-order valence-corrected chi connectivity index (χ1v) is 29.9. The second-order valence-corrected chi connectivity index (χ2v) is 26.0. The smallest absolute Gasteiger partial charge is 0.269 e. The molecule has 0 radical (unpaired) electrons. The van der Waals surface area contributed by atoms with Gasteiger partial charge in [0.25, 0.3) is 6.33 Å². The summed E-state index contributed by atoms with van der Waals surface area (Å²) in [6, 6.07) is 72.7. The van der Waals surface area contributed by atoms with Crippen molar-refractivity contribution in [3.05, 3.63) is 253 Å². The van der Waals surface area contributed by atoms with Gasteiger partial charge in [0.15, 0.2) is 0 Å². The third-order valence-electron chi connectivity index (χ3n) is 18.8. The van der Waals surface area contributed by atoms with Gasteiger partial charge in [-0.1, -0.05) is 176 Å². The maximum Gasteiger partial charge on any atom is 0.269 e. The van der Waals surface area contributed by atoms with Crippen molar-refractivity contribution in [2.24, 2.45) is 0 Å². The van der Waals surface area contributed by atoms with Crippen LogP contribution >= 0.6 is 0 Å². The van der Waals surface area contributed by atoms with Crippen LogP contribution in [-0.2, 0) is 16.2 Å². The second kappa shape index (κ2) is 18.9. The lowest BCUT2D eigenvalue weighted by Gasteiger charge is -2.42. The molecule has 0 bridgehead atoms. The number of para-hydroxylation sites is 4. The Bertz CT molecular complexity index is 5330. The fourth-order valence-corrected chi connectivity index (χ4v) is 14.2. The van der Waals surface area contributed by atoms with Gasteiger partial charge >= 0.3 is 0 Å². The molecule has 0 unspecified atom stereocenters. The molecule has 14 aromatic rings. The van der Waals surface area contributed by atoms with Crippen LogP contribution in [0.4, 0.5) is 0 Å². The Morgan fingerprint density at radius 3 is 1.73 bits per heavy atom. The molecule has 0 atom stereocenters. The molecular weight excluding hydrogens is 1050 g/mol. The number of ether oxygens (including phenoxy) is 1. The zero-order valence-corrected chi connectivity index (χ0v) is 49.3. The van der Waals surface area contributed by atoms with Crippen molar-refractivity contribution in [3.63, 3.8) is 0 Å². The average molecular weight is 1120 g/mol. The van der Waals surface area contributed by atoms with Crippen LogP contribution in [-0.4, -0.2) is 18.7 Å². The molecule has 1 aliphatic heterocycles. The van der Waals surface area contributed by atoms with Crippen LogP contribution in [0.25, 0.3) is 122 Å². The number of fused-ring (bicyclic) bond motifs is 14. The number of rotatable bonds is 6. The van der Waals surface area contributed by atoms with Crippen LogP contribution in [0.3, 0.4) is 0 Å². The minimum Gasteiger partial charge on any atom is -0.458 e. The van der Waals surface area contributed by atoms with E-state index in [1.54, 1.807) is 18.2 Å². The highest BCUT2D eigenvalue weighted by Crippen LogP contribution is 2.53. The minimum atomic E-state index is -2.68. The third-order valence-corrected chi connectivity index (χ3v) is 18.8. The van der Waals surface area contributed by atoms with Gasteiger partial charge in [0.2, 0.25) is 0 Å². The first-order chi connectivity index (χ1) is 44.0. The predicted molar refractivity (Wildman–Crippen MR) is 355 cm³/mol. The molecule has 418 valence electrons. The molecule has 10 aromatic carbocycles. The monoisotopic (exact) mass is 1120 g/mol. The highest BCUT2D eigenvalue weighted by atomic mass is 16.5. The van der Waals surface area contributed by atoms with Gasteiger partial charge < -0.3 is 9.30 Å². The second-order valence-electron chi connectivity index (χ2n) is 26.0. The SMILES string of the molecule is [2H]C([2H])([2H])c1cccc(C([2H])([2H])[2H])c1-c1cc2c3c(c1)n(-c1cccc(Oc4ccc5c6ccccc6n(-c6cc(C(C)(C)C)ccn6)c5c4)c1)[c-][n+]3-c1c(cccc1-n1c3ccccc3c3ccccc31)-c1cc3c(cc1-c1ccccc1-2)C(C)(C)CCC3(C)C. The zero-order chi connectivity index (χ0) is 63.5. The van der Waals surface area contributed by atoms with E-state index in [0.29, 0.717) is 28.3 Å². The van der Waals surface area contributed by atoms with Gasteiger partial charge in [-0.05, 0) is 194 Å². The number of pyridine rings is 1. The Morgan fingerprint density at radius 2 is 1.07 bits per heavy atom. The summed E-state index contributed by atoms with van der Waals surface area (Å²) in [5, 5.41) is 4.42. The minimum absolute atomic E-state index is 0.0473. The fourth-order valence-electron chi connectivity index (χ4n) is 14.2. The summed E-state index contributed by atoms with van der Waals surface area (Å²) in [5.41, 5.74) is 17.7. The standard InChI is InChI=1S/C80H67N5O/c1-49-21-18-22-50(2)75(49)51-41-65-57-26-11-10-25-56(57)63-46-66-67(80(8,9)39-38-79(66,6)7)47-64(63)62-30-20-34-71(84-68-31-15-12-27-58(68)59-28-13-16-32-69(59)84)76(62)83-48-82(73(42-51)77(65)83)53-23-19-24-54(44-53)86-55-35-36-61-60-29-14-17-33-70(60)85(72(61)45-55)74-43-52(37-40-81-74)78(3,4)5/h10-37,40-47H,38-39H2,1-9H3/i1D3,2D3. The third kappa shape index (κ3) is 7.91. The zero-order valence-electron chi connectivity index (χ0n) is 55.3. The summed E-state index contributed by atoms with van der Waals surface area (Å²) < 4.78 is 70.0. The lowest BCUT2D eigenvalue weighted by atomic mass is 9.62. The highest BCUT2D eigenvalue weighted by molar-refractivity contribution is 6.11. The van der Waals surface area contributed by atoms with Crippen molar-refractivity contribution in [3.8, 4) is 78.9 Å². The van der Waals surface area contributed by atoms with Crippen molar-refractivity contribution in [2.45, 2.75) is 91.3 Å². The van der Waals surface area contributed by atoms with Gasteiger partial charge in [0.1, 0.15) is 17.3 Å². The Morgan fingerprint density at radius 1 is 0.500 bits per heavy atom. The van der Waals surface area contributed by atoms with Gasteiger partial charge in [0, 0.05) is 42.0 Å². The topological polar surface area (TPSA) is 40.8 Å². The molecule has 0 amide bonds. The molecule has 0 fully saturated rings. The van der Waals surface area contributed by atoms with E-state index in [1.165, 1.54) is 16.7 Å². The van der Waals surface area contributed by atoms with E-state index in [4.69, 9.17) is 17.9 Å². The van der Waals surface area contributed by atoms with E-state index >= 15 is 0 Å². The van der Waals surface area contributed by atoms with Gasteiger partial charge in [-0.3, -0.25) is 13.7 Å². The quantitative estimate of drug-likeness (QED) is 0.123. The fraction of sp³-hybridized carbons (Fsp3) is 0.175. The average Bonchev–Trinajstić information content (AvgIpc) is 1.47. The summed E-state index contributed by atoms with van der Waals surface area (Å²) in [6.07, 6.45) is 7.96. The summed E-state index contributed by atoms with van der Waals surface area (Å²) in [5.74, 6) is 2.01. The Balaban J connectivity index is 1.01. The molecular formula is C80H67N5O. The highest BCUT2D eigenvalue weighted by Gasteiger charge is 2.39. The maximum atomic E-state index is 9.02. The van der Waals surface area contributed by atoms with Crippen LogP contribution in [0.5, 0.6) is 11.5 Å². The molecule has 16 rings (SSSR count). The van der Waals surface area contributed by atoms with Crippen LogP contribution < -0.4 is 9.30 Å². The summed E-state index contributed by atoms with van der Waals surface area (Å²) in [7, 11) is 0. The van der Waals surface area contributed by atoms with E-state index in [2.05, 4.69) is 220 Å². The van der Waals surface area contributed by atoms with Crippen molar-refractivity contribution in [1.29, 1.82) is 0 Å². The Kier molecular flexibility index (Phi) is 10.0. The molecule has 0 spiro atoms. The van der Waals surface area contributed by atoms with Gasteiger partial charge in [-0.2, -0.15) is 0 Å². The number of benzene rings is 10. The first-order valence-electron chi connectivity index (χ1n) is 32.9. The molecule has 5 heterocycles. The van der Waals surface area contributed by atoms with Gasteiger partial charge in [-0.25, -0.2) is 4.98 Å². The molecule has 0 saturated heterocycles.